The summed E-state index contributed by atoms with van der Waals surface area (Å²) in [6, 6.07) is 9.01. The van der Waals surface area contributed by atoms with Crippen LogP contribution >= 0.6 is 12.4 Å². The van der Waals surface area contributed by atoms with Gasteiger partial charge in [-0.05, 0) is 69.7 Å². The molecule has 146 valence electrons. The molecule has 1 aliphatic heterocycles. The maximum atomic E-state index is 12.9. The van der Waals surface area contributed by atoms with Crippen LogP contribution in [-0.4, -0.2) is 34.3 Å². The molecule has 1 aliphatic carbocycles. The highest BCUT2D eigenvalue weighted by Crippen LogP contribution is 2.28. The van der Waals surface area contributed by atoms with Crippen molar-refractivity contribution < 1.29 is 4.79 Å². The molecule has 1 saturated heterocycles. The van der Waals surface area contributed by atoms with E-state index in [1.54, 1.807) is 0 Å². The van der Waals surface area contributed by atoms with Crippen molar-refractivity contribution in [2.75, 3.05) is 6.54 Å². The summed E-state index contributed by atoms with van der Waals surface area (Å²) < 4.78 is 1.99. The summed E-state index contributed by atoms with van der Waals surface area (Å²) in [6.45, 7) is 5.33. The summed E-state index contributed by atoms with van der Waals surface area (Å²) in [5.41, 5.74) is 5.32. The molecule has 5 nitrogen and oxygen atoms in total. The van der Waals surface area contributed by atoms with Crippen LogP contribution in [0.25, 0.3) is 5.69 Å². The van der Waals surface area contributed by atoms with Crippen LogP contribution in [0.4, 0.5) is 0 Å². The minimum atomic E-state index is -0.0207. The monoisotopic (exact) mass is 388 g/mol. The zero-order valence-electron chi connectivity index (χ0n) is 16.1. The van der Waals surface area contributed by atoms with Gasteiger partial charge in [0, 0.05) is 23.3 Å². The second kappa shape index (κ2) is 8.44. The largest absolute Gasteiger partial charge is 0.346 e. The van der Waals surface area contributed by atoms with E-state index in [9.17, 15) is 4.79 Å². The van der Waals surface area contributed by atoms with Crippen LogP contribution in [0, 0.1) is 0 Å². The first-order valence-electron chi connectivity index (χ1n) is 9.91. The number of piperidine rings is 1. The van der Waals surface area contributed by atoms with Crippen LogP contribution in [-0.2, 0) is 19.3 Å². The van der Waals surface area contributed by atoms with E-state index >= 15 is 0 Å². The number of aromatic nitrogens is 2. The number of aryl methyl sites for hydroxylation is 1. The van der Waals surface area contributed by atoms with Gasteiger partial charge < -0.3 is 10.6 Å². The number of nitrogens with one attached hydrogen (secondary N) is 2. The van der Waals surface area contributed by atoms with Gasteiger partial charge in [-0.15, -0.1) is 12.4 Å². The zero-order chi connectivity index (χ0) is 18.1. The van der Waals surface area contributed by atoms with Crippen molar-refractivity contribution in [2.45, 2.75) is 64.5 Å². The second-order valence-corrected chi connectivity index (χ2v) is 7.52. The lowest BCUT2D eigenvalue weighted by atomic mass is 9.99. The lowest BCUT2D eigenvalue weighted by Crippen LogP contribution is -2.52. The second-order valence-electron chi connectivity index (χ2n) is 7.52. The number of rotatable bonds is 4. The quantitative estimate of drug-likeness (QED) is 0.845. The molecule has 0 saturated carbocycles. The molecule has 1 aromatic heterocycles. The van der Waals surface area contributed by atoms with Crippen LogP contribution in [0.5, 0.6) is 0 Å². The van der Waals surface area contributed by atoms with Gasteiger partial charge in [-0.1, -0.05) is 19.1 Å². The molecular formula is C21H29ClN4O. The van der Waals surface area contributed by atoms with Crippen molar-refractivity contribution in [3.8, 4) is 5.69 Å². The van der Waals surface area contributed by atoms with E-state index in [1.807, 2.05) is 4.68 Å². The van der Waals surface area contributed by atoms with Gasteiger partial charge in [-0.2, -0.15) is 5.10 Å². The Morgan fingerprint density at radius 1 is 1.26 bits per heavy atom. The fourth-order valence-corrected chi connectivity index (χ4v) is 4.18. The Balaban J connectivity index is 0.00000210. The first kappa shape index (κ1) is 19.9. The molecule has 2 N–H and O–H groups in total. The van der Waals surface area contributed by atoms with Gasteiger partial charge in [0.15, 0.2) is 5.69 Å². The topological polar surface area (TPSA) is 59.0 Å². The van der Waals surface area contributed by atoms with Gasteiger partial charge in [0.1, 0.15) is 0 Å². The number of carbonyl (C=O) groups excluding carboxylic acids is 1. The molecule has 1 aromatic carbocycles. The highest BCUT2D eigenvalue weighted by molar-refractivity contribution is 5.94. The van der Waals surface area contributed by atoms with Crippen LogP contribution in [0.1, 0.15) is 60.4 Å². The van der Waals surface area contributed by atoms with E-state index < -0.39 is 0 Å². The number of benzene rings is 1. The molecule has 2 aliphatic rings. The summed E-state index contributed by atoms with van der Waals surface area (Å²) in [5, 5.41) is 11.4. The van der Waals surface area contributed by atoms with Gasteiger partial charge in [0.05, 0.1) is 5.69 Å². The summed E-state index contributed by atoms with van der Waals surface area (Å²) in [5.74, 6) is -0.0207. The van der Waals surface area contributed by atoms with E-state index in [4.69, 9.17) is 5.10 Å². The predicted octanol–water partition coefficient (Wildman–Crippen LogP) is 3.22. The molecule has 27 heavy (non-hydrogen) atoms. The fourth-order valence-electron chi connectivity index (χ4n) is 4.18. The average molecular weight is 389 g/mol. The number of nitrogens with zero attached hydrogens (tertiary/aromatic N) is 2. The van der Waals surface area contributed by atoms with Crippen molar-refractivity contribution in [3.05, 3.63) is 46.8 Å². The van der Waals surface area contributed by atoms with E-state index in [1.165, 1.54) is 11.3 Å². The molecule has 6 heteroatoms. The Labute approximate surface area is 167 Å². The Hall–Kier alpha value is -1.85. The smallest absolute Gasteiger partial charge is 0.272 e. The first-order valence-corrected chi connectivity index (χ1v) is 9.91. The van der Waals surface area contributed by atoms with E-state index in [2.05, 4.69) is 48.7 Å². The van der Waals surface area contributed by atoms with Crippen molar-refractivity contribution >= 4 is 18.3 Å². The van der Waals surface area contributed by atoms with Crippen LogP contribution in [0.3, 0.4) is 0 Å². The number of hydrogen-bond acceptors (Lipinski definition) is 3. The molecule has 1 fully saturated rings. The molecule has 1 amide bonds. The molecule has 2 unspecified atom stereocenters. The molecule has 2 atom stereocenters. The van der Waals surface area contributed by atoms with Crippen molar-refractivity contribution in [2.24, 2.45) is 0 Å². The lowest BCUT2D eigenvalue weighted by molar-refractivity contribution is 0.0913. The maximum absolute atomic E-state index is 12.9. The normalized spacial score (nSPS) is 21.4. The summed E-state index contributed by atoms with van der Waals surface area (Å²) in [7, 11) is 0. The van der Waals surface area contributed by atoms with Gasteiger partial charge in [-0.25, -0.2) is 4.68 Å². The number of fused-ring (bicyclic) bond motifs is 1. The Morgan fingerprint density at radius 3 is 2.74 bits per heavy atom. The lowest BCUT2D eigenvalue weighted by Gasteiger charge is -2.30. The van der Waals surface area contributed by atoms with Crippen LogP contribution < -0.4 is 10.6 Å². The van der Waals surface area contributed by atoms with Crippen molar-refractivity contribution in [1.29, 1.82) is 0 Å². The summed E-state index contributed by atoms with van der Waals surface area (Å²) in [4.78, 5) is 12.9. The van der Waals surface area contributed by atoms with E-state index in [-0.39, 0.29) is 24.4 Å². The van der Waals surface area contributed by atoms with E-state index in [0.29, 0.717) is 11.7 Å². The van der Waals surface area contributed by atoms with Crippen molar-refractivity contribution in [1.82, 2.24) is 20.4 Å². The number of halogens is 1. The highest BCUT2D eigenvalue weighted by Gasteiger charge is 2.29. The SMILES string of the molecule is CCc1ccc(-n2nc(C(=O)NC3CCCNC3C)c3c2CCC3)cc1.Cl. The third-order valence-electron chi connectivity index (χ3n) is 5.81. The third-order valence-corrected chi connectivity index (χ3v) is 5.81. The minimum absolute atomic E-state index is 0. The Morgan fingerprint density at radius 2 is 2.04 bits per heavy atom. The Kier molecular flexibility index (Phi) is 6.22. The number of hydrogen-bond donors (Lipinski definition) is 2. The van der Waals surface area contributed by atoms with Gasteiger partial charge in [0.25, 0.3) is 5.91 Å². The Bertz CT molecular complexity index is 799. The number of carbonyl (C=O) groups is 1. The van der Waals surface area contributed by atoms with Crippen molar-refractivity contribution in [3.63, 3.8) is 0 Å². The average Bonchev–Trinajstić information content (AvgIpc) is 3.26. The van der Waals surface area contributed by atoms with Gasteiger partial charge >= 0.3 is 0 Å². The highest BCUT2D eigenvalue weighted by atomic mass is 35.5. The maximum Gasteiger partial charge on any atom is 0.272 e. The summed E-state index contributed by atoms with van der Waals surface area (Å²) >= 11 is 0. The minimum Gasteiger partial charge on any atom is -0.346 e. The third kappa shape index (κ3) is 3.90. The van der Waals surface area contributed by atoms with Gasteiger partial charge in [-0.3, -0.25) is 4.79 Å². The molecule has 2 aromatic rings. The first-order chi connectivity index (χ1) is 12.7. The molecule has 2 heterocycles. The zero-order valence-corrected chi connectivity index (χ0v) is 16.9. The summed E-state index contributed by atoms with van der Waals surface area (Å²) in [6.07, 6.45) is 6.20. The predicted molar refractivity (Wildman–Crippen MR) is 110 cm³/mol. The molecule has 0 bridgehead atoms. The molecular weight excluding hydrogens is 360 g/mol. The van der Waals surface area contributed by atoms with E-state index in [0.717, 1.165) is 56.3 Å². The molecule has 4 rings (SSSR count). The standard InChI is InChI=1S/C21H28N4O.ClH/c1-3-15-9-11-16(12-10-15)25-19-8-4-6-17(19)20(24-25)21(26)23-18-7-5-13-22-14(18)2;/h9-12,14,18,22H,3-8,13H2,1-2H3,(H,23,26);1H. The molecule has 0 radical (unpaired) electrons. The van der Waals surface area contributed by atoms with Crippen LogP contribution in [0.15, 0.2) is 24.3 Å². The number of amides is 1. The fraction of sp³-hybridized carbons (Fsp3) is 0.524. The molecule has 0 spiro atoms. The van der Waals surface area contributed by atoms with Crippen LogP contribution in [0.2, 0.25) is 0 Å². The van der Waals surface area contributed by atoms with Gasteiger partial charge in [0.2, 0.25) is 0 Å².